The zero-order valence-corrected chi connectivity index (χ0v) is 16.7. The molecule has 2 aromatic carbocycles. The van der Waals surface area contributed by atoms with Gasteiger partial charge in [0.1, 0.15) is 5.82 Å². The Bertz CT molecular complexity index is 1110. The van der Waals surface area contributed by atoms with Gasteiger partial charge in [-0.3, -0.25) is 19.1 Å². The molecule has 0 aliphatic carbocycles. The molecule has 0 saturated heterocycles. The van der Waals surface area contributed by atoms with E-state index in [0.717, 1.165) is 11.1 Å². The first-order valence-corrected chi connectivity index (χ1v) is 9.51. The topological polar surface area (TPSA) is 110 Å². The molecule has 0 unspecified atom stereocenters. The summed E-state index contributed by atoms with van der Waals surface area (Å²) < 4.78 is 6.36. The molecule has 0 spiro atoms. The highest BCUT2D eigenvalue weighted by Gasteiger charge is 2.24. The number of aromatic amines is 1. The number of carbonyl (C=O) groups excluding carboxylic acids is 1. The lowest BCUT2D eigenvalue weighted by Crippen LogP contribution is -2.43. The molecule has 0 aliphatic heterocycles. The van der Waals surface area contributed by atoms with Crippen molar-refractivity contribution in [3.63, 3.8) is 0 Å². The van der Waals surface area contributed by atoms with Gasteiger partial charge in [0.05, 0.1) is 19.6 Å². The van der Waals surface area contributed by atoms with Crippen LogP contribution in [0.2, 0.25) is 0 Å². The quantitative estimate of drug-likeness (QED) is 0.585. The SMILES string of the molecule is COCCN(C(=O)Cc1ccccc1)c1c(N)n(Cc2ccccc2)c(=O)[nH]c1=O. The summed E-state index contributed by atoms with van der Waals surface area (Å²) in [6, 6.07) is 18.4. The fraction of sp³-hybridized carbons (Fsp3) is 0.227. The number of nitrogens with one attached hydrogen (secondary N) is 1. The van der Waals surface area contributed by atoms with Crippen molar-refractivity contribution in [1.29, 1.82) is 0 Å². The van der Waals surface area contributed by atoms with Crippen molar-refractivity contribution in [3.05, 3.63) is 92.6 Å². The Morgan fingerprint density at radius 2 is 1.63 bits per heavy atom. The number of nitrogen functional groups attached to an aromatic ring is 1. The lowest BCUT2D eigenvalue weighted by molar-refractivity contribution is -0.118. The average Bonchev–Trinajstić information content (AvgIpc) is 2.74. The van der Waals surface area contributed by atoms with E-state index in [-0.39, 0.29) is 43.5 Å². The predicted octanol–water partition coefficient (Wildman–Crippen LogP) is 1.39. The Kier molecular flexibility index (Phi) is 6.82. The van der Waals surface area contributed by atoms with Crippen LogP contribution < -0.4 is 21.9 Å². The molecule has 3 N–H and O–H groups in total. The van der Waals surface area contributed by atoms with Crippen LogP contribution in [0, 0.1) is 0 Å². The molecule has 0 aliphatic rings. The van der Waals surface area contributed by atoms with E-state index in [1.807, 2.05) is 60.7 Å². The van der Waals surface area contributed by atoms with Crippen LogP contribution in [0.3, 0.4) is 0 Å². The lowest BCUT2D eigenvalue weighted by atomic mass is 10.1. The van der Waals surface area contributed by atoms with Crippen molar-refractivity contribution < 1.29 is 9.53 Å². The van der Waals surface area contributed by atoms with Crippen LogP contribution in [0.15, 0.2) is 70.3 Å². The number of hydrogen-bond acceptors (Lipinski definition) is 5. The molecule has 1 heterocycles. The van der Waals surface area contributed by atoms with E-state index < -0.39 is 11.2 Å². The fourth-order valence-corrected chi connectivity index (χ4v) is 3.17. The van der Waals surface area contributed by atoms with E-state index in [1.54, 1.807) is 0 Å². The number of carbonyl (C=O) groups is 1. The van der Waals surface area contributed by atoms with Crippen molar-refractivity contribution in [2.45, 2.75) is 13.0 Å². The molecule has 30 heavy (non-hydrogen) atoms. The van der Waals surface area contributed by atoms with Crippen LogP contribution >= 0.6 is 0 Å². The van der Waals surface area contributed by atoms with E-state index in [1.165, 1.54) is 16.6 Å². The monoisotopic (exact) mass is 408 g/mol. The fourth-order valence-electron chi connectivity index (χ4n) is 3.17. The summed E-state index contributed by atoms with van der Waals surface area (Å²) in [5.41, 5.74) is 6.49. The van der Waals surface area contributed by atoms with Gasteiger partial charge in [0.2, 0.25) is 5.91 Å². The van der Waals surface area contributed by atoms with Crippen LogP contribution in [-0.4, -0.2) is 35.7 Å². The molecule has 0 radical (unpaired) electrons. The Balaban J connectivity index is 2.02. The van der Waals surface area contributed by atoms with Gasteiger partial charge in [-0.2, -0.15) is 0 Å². The third kappa shape index (κ3) is 4.84. The van der Waals surface area contributed by atoms with Crippen molar-refractivity contribution in [2.75, 3.05) is 30.9 Å². The molecular formula is C22H24N4O4. The van der Waals surface area contributed by atoms with E-state index in [0.29, 0.717) is 0 Å². The average molecular weight is 408 g/mol. The van der Waals surface area contributed by atoms with Crippen molar-refractivity contribution in [2.24, 2.45) is 0 Å². The molecule has 1 aromatic heterocycles. The molecule has 0 bridgehead atoms. The zero-order valence-electron chi connectivity index (χ0n) is 16.7. The van der Waals surface area contributed by atoms with Gasteiger partial charge in [0.25, 0.3) is 5.56 Å². The van der Waals surface area contributed by atoms with Gasteiger partial charge < -0.3 is 15.4 Å². The molecule has 8 heteroatoms. The first-order chi connectivity index (χ1) is 14.5. The van der Waals surface area contributed by atoms with Crippen molar-refractivity contribution >= 4 is 17.4 Å². The summed E-state index contributed by atoms with van der Waals surface area (Å²) in [4.78, 5) is 41.7. The first kappa shape index (κ1) is 21.1. The van der Waals surface area contributed by atoms with Crippen LogP contribution in [0.25, 0.3) is 0 Å². The maximum Gasteiger partial charge on any atom is 0.330 e. The summed E-state index contributed by atoms with van der Waals surface area (Å²) >= 11 is 0. The number of anilines is 2. The van der Waals surface area contributed by atoms with Crippen LogP contribution in [-0.2, 0) is 22.5 Å². The Labute approximate surface area is 173 Å². The number of ether oxygens (including phenoxy) is 1. The second kappa shape index (κ2) is 9.71. The summed E-state index contributed by atoms with van der Waals surface area (Å²) in [5.74, 6) is -0.384. The number of benzene rings is 2. The minimum atomic E-state index is -0.709. The Morgan fingerprint density at radius 3 is 2.23 bits per heavy atom. The molecule has 0 fully saturated rings. The standard InChI is InChI=1S/C22H24N4O4/c1-30-13-12-25(18(27)14-16-8-4-2-5-9-16)19-20(23)26(22(29)24-21(19)28)15-17-10-6-3-7-11-17/h2-11H,12-15,23H2,1H3,(H,24,28,29). The third-order valence-corrected chi connectivity index (χ3v) is 4.69. The Hall–Kier alpha value is -3.65. The van der Waals surface area contributed by atoms with Crippen molar-refractivity contribution in [3.8, 4) is 0 Å². The van der Waals surface area contributed by atoms with Gasteiger partial charge in [-0.1, -0.05) is 60.7 Å². The largest absolute Gasteiger partial charge is 0.383 e. The smallest absolute Gasteiger partial charge is 0.330 e. The highest BCUT2D eigenvalue weighted by Crippen LogP contribution is 2.19. The van der Waals surface area contributed by atoms with Gasteiger partial charge in [0.15, 0.2) is 5.69 Å². The highest BCUT2D eigenvalue weighted by molar-refractivity contribution is 5.96. The summed E-state index contributed by atoms with van der Waals surface area (Å²) in [6.07, 6.45) is 0.0846. The van der Waals surface area contributed by atoms with E-state index >= 15 is 0 Å². The molecule has 3 aromatic rings. The normalized spacial score (nSPS) is 10.7. The number of rotatable bonds is 8. The second-order valence-electron chi connectivity index (χ2n) is 6.77. The van der Waals surface area contributed by atoms with E-state index in [9.17, 15) is 14.4 Å². The summed E-state index contributed by atoms with van der Waals surface area (Å²) in [5, 5.41) is 0. The zero-order chi connectivity index (χ0) is 21.5. The molecule has 8 nitrogen and oxygen atoms in total. The van der Waals surface area contributed by atoms with Gasteiger partial charge >= 0.3 is 5.69 Å². The Morgan fingerprint density at radius 1 is 1.03 bits per heavy atom. The van der Waals surface area contributed by atoms with Gasteiger partial charge in [-0.25, -0.2) is 4.79 Å². The number of methoxy groups -OCH3 is 1. The molecular weight excluding hydrogens is 384 g/mol. The number of amides is 1. The van der Waals surface area contributed by atoms with Gasteiger partial charge in [-0.15, -0.1) is 0 Å². The molecule has 0 saturated carbocycles. The highest BCUT2D eigenvalue weighted by atomic mass is 16.5. The number of nitrogens with zero attached hydrogens (tertiary/aromatic N) is 2. The van der Waals surface area contributed by atoms with Crippen LogP contribution in [0.5, 0.6) is 0 Å². The molecule has 156 valence electrons. The molecule has 1 amide bonds. The maximum atomic E-state index is 13.1. The summed E-state index contributed by atoms with van der Waals surface area (Å²) in [7, 11) is 1.50. The van der Waals surface area contributed by atoms with E-state index in [4.69, 9.17) is 10.5 Å². The minimum Gasteiger partial charge on any atom is -0.383 e. The van der Waals surface area contributed by atoms with Crippen LogP contribution in [0.1, 0.15) is 11.1 Å². The van der Waals surface area contributed by atoms with Crippen LogP contribution in [0.4, 0.5) is 11.5 Å². The number of hydrogen-bond donors (Lipinski definition) is 2. The molecule has 0 atom stereocenters. The van der Waals surface area contributed by atoms with Gasteiger partial charge in [-0.05, 0) is 11.1 Å². The molecule has 3 rings (SSSR count). The number of aromatic nitrogens is 2. The maximum absolute atomic E-state index is 13.1. The first-order valence-electron chi connectivity index (χ1n) is 9.51. The minimum absolute atomic E-state index is 0.0523. The van der Waals surface area contributed by atoms with Crippen molar-refractivity contribution in [1.82, 2.24) is 9.55 Å². The second-order valence-corrected chi connectivity index (χ2v) is 6.77. The van der Waals surface area contributed by atoms with Gasteiger partial charge in [0, 0.05) is 13.7 Å². The number of H-pyrrole nitrogens is 1. The van der Waals surface area contributed by atoms with E-state index in [2.05, 4.69) is 4.98 Å². The number of nitrogens with two attached hydrogens (primary N) is 1. The predicted molar refractivity (Wildman–Crippen MR) is 116 cm³/mol. The lowest BCUT2D eigenvalue weighted by Gasteiger charge is -2.24. The third-order valence-electron chi connectivity index (χ3n) is 4.69. The summed E-state index contributed by atoms with van der Waals surface area (Å²) in [6.45, 7) is 0.497.